The molecule has 0 aliphatic rings. The normalized spacial score (nSPS) is 12.2. The first-order chi connectivity index (χ1) is 11.5. The number of amides is 1. The van der Waals surface area contributed by atoms with Crippen molar-refractivity contribution in [1.82, 2.24) is 14.9 Å². The molecule has 0 aliphatic heterocycles. The summed E-state index contributed by atoms with van der Waals surface area (Å²) in [6.07, 6.45) is 3.48. The van der Waals surface area contributed by atoms with Gasteiger partial charge in [0.1, 0.15) is 5.76 Å². The first-order valence-corrected chi connectivity index (χ1v) is 7.88. The summed E-state index contributed by atoms with van der Waals surface area (Å²) in [6, 6.07) is 7.13. The van der Waals surface area contributed by atoms with E-state index < -0.39 is 0 Å². The molecule has 0 fully saturated rings. The number of aryl methyl sites for hydroxylation is 2. The van der Waals surface area contributed by atoms with Crippen LogP contribution in [0.2, 0.25) is 5.02 Å². The van der Waals surface area contributed by atoms with Crippen molar-refractivity contribution in [1.29, 1.82) is 0 Å². The summed E-state index contributed by atoms with van der Waals surface area (Å²) in [5, 5.41) is 11.4. The summed E-state index contributed by atoms with van der Waals surface area (Å²) in [6.45, 7) is 5.45. The molecule has 1 aromatic carbocycles. The molecule has 24 heavy (non-hydrogen) atoms. The average Bonchev–Trinajstić information content (AvgIpc) is 3.17. The van der Waals surface area contributed by atoms with Gasteiger partial charge in [0, 0.05) is 23.6 Å². The average molecular weight is 345 g/mol. The smallest absolute Gasteiger partial charge is 0.231 e. The minimum Gasteiger partial charge on any atom is -0.361 e. The van der Waals surface area contributed by atoms with E-state index in [2.05, 4.69) is 15.6 Å². The van der Waals surface area contributed by atoms with E-state index in [1.165, 1.54) is 0 Å². The van der Waals surface area contributed by atoms with Crippen LogP contribution in [0.4, 0.5) is 5.69 Å². The molecule has 0 saturated heterocycles. The van der Waals surface area contributed by atoms with Crippen molar-refractivity contribution in [3.05, 3.63) is 58.7 Å². The van der Waals surface area contributed by atoms with E-state index >= 15 is 0 Å². The molecule has 124 valence electrons. The lowest BCUT2D eigenvalue weighted by atomic mass is 9.98. The van der Waals surface area contributed by atoms with Crippen LogP contribution < -0.4 is 5.32 Å². The molecule has 0 unspecified atom stereocenters. The standard InChI is InChI=1S/C17H17ClN4O2/c1-10(16-11(2)21-24-12(16)3)17(23)20-13-5-6-15(14(18)9-13)22-8-4-7-19-22/h4-10H,1-3H3,(H,20,23)/t10-/m1/s1. The molecule has 3 rings (SSSR count). The number of carbonyl (C=O) groups is 1. The Hall–Kier alpha value is -2.60. The maximum absolute atomic E-state index is 12.5. The fourth-order valence-corrected chi connectivity index (χ4v) is 2.94. The number of rotatable bonds is 4. The van der Waals surface area contributed by atoms with Crippen molar-refractivity contribution in [2.75, 3.05) is 5.32 Å². The van der Waals surface area contributed by atoms with Gasteiger partial charge in [-0.2, -0.15) is 5.10 Å². The topological polar surface area (TPSA) is 73.0 Å². The maximum atomic E-state index is 12.5. The Kier molecular flexibility index (Phi) is 4.40. The summed E-state index contributed by atoms with van der Waals surface area (Å²) >= 11 is 6.30. The van der Waals surface area contributed by atoms with Gasteiger partial charge in [0.25, 0.3) is 0 Å². The van der Waals surface area contributed by atoms with Crippen molar-refractivity contribution >= 4 is 23.2 Å². The summed E-state index contributed by atoms with van der Waals surface area (Å²) < 4.78 is 6.80. The molecule has 2 aromatic heterocycles. The van der Waals surface area contributed by atoms with E-state index in [9.17, 15) is 4.79 Å². The highest BCUT2D eigenvalue weighted by Crippen LogP contribution is 2.27. The minimum absolute atomic E-state index is 0.146. The van der Waals surface area contributed by atoms with Crippen molar-refractivity contribution in [3.63, 3.8) is 0 Å². The van der Waals surface area contributed by atoms with Crippen LogP contribution in [0.5, 0.6) is 0 Å². The molecule has 1 amide bonds. The van der Waals surface area contributed by atoms with Crippen LogP contribution in [0.3, 0.4) is 0 Å². The summed E-state index contributed by atoms with van der Waals surface area (Å²) in [4.78, 5) is 12.5. The van der Waals surface area contributed by atoms with Crippen molar-refractivity contribution < 1.29 is 9.32 Å². The van der Waals surface area contributed by atoms with Gasteiger partial charge < -0.3 is 9.84 Å². The highest BCUT2D eigenvalue weighted by Gasteiger charge is 2.23. The molecular weight excluding hydrogens is 328 g/mol. The number of aromatic nitrogens is 3. The molecule has 1 atom stereocenters. The number of anilines is 1. The van der Waals surface area contributed by atoms with Crippen LogP contribution in [-0.4, -0.2) is 20.8 Å². The Bertz CT molecular complexity index is 851. The molecule has 7 heteroatoms. The van der Waals surface area contributed by atoms with Gasteiger partial charge in [0.2, 0.25) is 5.91 Å². The minimum atomic E-state index is -0.374. The van der Waals surface area contributed by atoms with Gasteiger partial charge >= 0.3 is 0 Å². The molecule has 2 heterocycles. The van der Waals surface area contributed by atoms with E-state index in [0.717, 1.165) is 16.9 Å². The second-order valence-corrected chi connectivity index (χ2v) is 5.97. The highest BCUT2D eigenvalue weighted by atomic mass is 35.5. The zero-order valence-electron chi connectivity index (χ0n) is 13.6. The highest BCUT2D eigenvalue weighted by molar-refractivity contribution is 6.32. The number of benzene rings is 1. The Morgan fingerprint density at radius 1 is 1.38 bits per heavy atom. The third kappa shape index (κ3) is 3.05. The van der Waals surface area contributed by atoms with E-state index in [0.29, 0.717) is 16.5 Å². The summed E-state index contributed by atoms with van der Waals surface area (Å²) in [5.74, 6) is 0.135. The molecule has 1 N–H and O–H groups in total. The van der Waals surface area contributed by atoms with Gasteiger partial charge in [-0.05, 0) is 45.0 Å². The fourth-order valence-electron chi connectivity index (χ4n) is 2.67. The largest absolute Gasteiger partial charge is 0.361 e. The first kappa shape index (κ1) is 16.3. The lowest BCUT2D eigenvalue weighted by Crippen LogP contribution is -2.19. The van der Waals surface area contributed by atoms with E-state index in [-0.39, 0.29) is 11.8 Å². The van der Waals surface area contributed by atoms with Crippen molar-refractivity contribution in [2.45, 2.75) is 26.7 Å². The summed E-state index contributed by atoms with van der Waals surface area (Å²) in [7, 11) is 0. The van der Waals surface area contributed by atoms with Crippen LogP contribution in [-0.2, 0) is 4.79 Å². The molecule has 0 bridgehead atoms. The molecule has 0 aliphatic carbocycles. The van der Waals surface area contributed by atoms with Crippen LogP contribution >= 0.6 is 11.6 Å². The van der Waals surface area contributed by atoms with Crippen LogP contribution in [0, 0.1) is 13.8 Å². The fraction of sp³-hybridized carbons (Fsp3) is 0.235. The number of carbonyl (C=O) groups excluding carboxylic acids is 1. The van der Waals surface area contributed by atoms with Gasteiger partial charge in [-0.25, -0.2) is 4.68 Å². The summed E-state index contributed by atoms with van der Waals surface area (Å²) in [5.41, 5.74) is 2.91. The molecule has 0 spiro atoms. The zero-order chi connectivity index (χ0) is 17.3. The number of nitrogens with zero attached hydrogens (tertiary/aromatic N) is 3. The van der Waals surface area contributed by atoms with Crippen LogP contribution in [0.15, 0.2) is 41.2 Å². The van der Waals surface area contributed by atoms with Crippen molar-refractivity contribution in [2.24, 2.45) is 0 Å². The Balaban J connectivity index is 1.79. The monoisotopic (exact) mass is 344 g/mol. The Morgan fingerprint density at radius 2 is 2.17 bits per heavy atom. The first-order valence-electron chi connectivity index (χ1n) is 7.50. The van der Waals surface area contributed by atoms with E-state index in [1.54, 1.807) is 36.1 Å². The van der Waals surface area contributed by atoms with E-state index in [4.69, 9.17) is 16.1 Å². The predicted molar refractivity (Wildman–Crippen MR) is 91.6 cm³/mol. The van der Waals surface area contributed by atoms with Gasteiger partial charge in [-0.15, -0.1) is 0 Å². The zero-order valence-corrected chi connectivity index (χ0v) is 14.3. The number of hydrogen-bond acceptors (Lipinski definition) is 4. The third-order valence-electron chi connectivity index (χ3n) is 3.88. The SMILES string of the molecule is Cc1noc(C)c1[C@@H](C)C(=O)Nc1ccc(-n2cccn2)c(Cl)c1. The molecule has 3 aromatic rings. The van der Waals surface area contributed by atoms with Gasteiger partial charge in [-0.1, -0.05) is 16.8 Å². The van der Waals surface area contributed by atoms with Gasteiger partial charge in [-0.3, -0.25) is 4.79 Å². The molecule has 6 nitrogen and oxygen atoms in total. The maximum Gasteiger partial charge on any atom is 0.231 e. The molecule has 0 radical (unpaired) electrons. The second-order valence-electron chi connectivity index (χ2n) is 5.57. The van der Waals surface area contributed by atoms with Crippen LogP contribution in [0.1, 0.15) is 29.9 Å². The number of nitrogens with one attached hydrogen (secondary N) is 1. The molecular formula is C17H17ClN4O2. The Labute approximate surface area is 144 Å². The van der Waals surface area contributed by atoms with Gasteiger partial charge in [0.15, 0.2) is 0 Å². The van der Waals surface area contributed by atoms with E-state index in [1.807, 2.05) is 26.0 Å². The third-order valence-corrected chi connectivity index (χ3v) is 4.18. The van der Waals surface area contributed by atoms with Crippen molar-refractivity contribution in [3.8, 4) is 5.69 Å². The predicted octanol–water partition coefficient (Wildman–Crippen LogP) is 3.87. The van der Waals surface area contributed by atoms with Gasteiger partial charge in [0.05, 0.1) is 22.3 Å². The quantitative estimate of drug-likeness (QED) is 0.779. The number of halogens is 1. The van der Waals surface area contributed by atoms with Crippen LogP contribution in [0.25, 0.3) is 5.69 Å². The Morgan fingerprint density at radius 3 is 2.75 bits per heavy atom. The second kappa shape index (κ2) is 6.49. The number of hydrogen-bond donors (Lipinski definition) is 1. The molecule has 0 saturated carbocycles. The lowest BCUT2D eigenvalue weighted by molar-refractivity contribution is -0.117. The lowest BCUT2D eigenvalue weighted by Gasteiger charge is -2.13.